The van der Waals surface area contributed by atoms with Crippen molar-refractivity contribution in [1.82, 2.24) is 9.80 Å². The molecule has 3 heterocycles. The smallest absolute Gasteiger partial charge is 0.248 e. The van der Waals surface area contributed by atoms with Crippen molar-refractivity contribution >= 4 is 23.4 Å². The number of hydrogen-bond acceptors (Lipinski definition) is 6. The van der Waals surface area contributed by atoms with Crippen molar-refractivity contribution in [2.24, 2.45) is 17.8 Å². The molecule has 1 aromatic carbocycles. The van der Waals surface area contributed by atoms with Gasteiger partial charge in [-0.1, -0.05) is 19.1 Å². The van der Waals surface area contributed by atoms with E-state index in [2.05, 4.69) is 13.2 Å². The monoisotopic (exact) mass is 567 g/mol. The lowest BCUT2D eigenvalue weighted by molar-refractivity contribution is -0.153. The number of likely N-dealkylation sites (tertiary alicyclic amines) is 1. The summed E-state index contributed by atoms with van der Waals surface area (Å²) in [6.45, 7) is 18.6. The SMILES string of the molecule is C=CCN(C(=O)[C@H]1[C@H]2C(=O)N(CCCO)C(C(=O)N(CC=C)C(C)C)C23CC(C)[C@]1(C)O3)c1ccc(OCC)cc1. The Kier molecular flexibility index (Phi) is 8.99. The highest BCUT2D eigenvalue weighted by atomic mass is 16.5. The minimum absolute atomic E-state index is 0.0774. The zero-order chi connectivity index (χ0) is 30.1. The lowest BCUT2D eigenvalue weighted by Crippen LogP contribution is -2.58. The Hall–Kier alpha value is -3.17. The van der Waals surface area contributed by atoms with Gasteiger partial charge in [-0.2, -0.15) is 0 Å². The third-order valence-electron chi connectivity index (χ3n) is 9.14. The molecule has 1 aromatic rings. The van der Waals surface area contributed by atoms with Crippen molar-refractivity contribution in [3.05, 3.63) is 49.6 Å². The molecule has 3 aliphatic rings. The molecule has 1 N–H and O–H groups in total. The van der Waals surface area contributed by atoms with Crippen molar-refractivity contribution in [2.75, 3.05) is 37.7 Å². The van der Waals surface area contributed by atoms with Crippen molar-refractivity contribution in [3.8, 4) is 5.75 Å². The van der Waals surface area contributed by atoms with Crippen LogP contribution >= 0.6 is 0 Å². The lowest BCUT2D eigenvalue weighted by Gasteiger charge is -2.39. The number of amides is 3. The summed E-state index contributed by atoms with van der Waals surface area (Å²) >= 11 is 0. The molecule has 1 spiro atoms. The normalized spacial score (nSPS) is 29.9. The molecule has 3 unspecified atom stereocenters. The fourth-order valence-electron chi connectivity index (χ4n) is 7.24. The number of fused-ring (bicyclic) bond motifs is 1. The number of carbonyl (C=O) groups excluding carboxylic acids is 3. The molecule has 9 nitrogen and oxygen atoms in total. The summed E-state index contributed by atoms with van der Waals surface area (Å²) in [5.41, 5.74) is -1.42. The summed E-state index contributed by atoms with van der Waals surface area (Å²) in [6.07, 6.45) is 4.15. The Balaban J connectivity index is 1.80. The standard InChI is InChI=1S/C32H45N3O6/c1-8-16-33(21(4)5)30(39)27-32-20-22(6)31(7,41-32)25(26(32)29(38)35(27)18-11-19-36)28(37)34(17-9-2)23-12-14-24(15-13-23)40-10-3/h8-9,12-15,21-22,25-27,36H,1-2,10-11,16-20H2,3-7H3/t22?,25-,26+,27?,31+,32?/m1/s1. The highest BCUT2D eigenvalue weighted by molar-refractivity contribution is 6.03. The molecule has 0 saturated carbocycles. The highest BCUT2D eigenvalue weighted by Crippen LogP contribution is 2.65. The second kappa shape index (κ2) is 12.0. The van der Waals surface area contributed by atoms with E-state index < -0.39 is 29.1 Å². The highest BCUT2D eigenvalue weighted by Gasteiger charge is 2.80. The summed E-state index contributed by atoms with van der Waals surface area (Å²) in [5.74, 6) is -1.71. The number of rotatable bonds is 13. The van der Waals surface area contributed by atoms with Crippen LogP contribution in [-0.2, 0) is 19.1 Å². The van der Waals surface area contributed by atoms with Crippen LogP contribution in [0.3, 0.4) is 0 Å². The number of carbonyl (C=O) groups is 3. The van der Waals surface area contributed by atoms with Crippen LogP contribution in [0.25, 0.3) is 0 Å². The molecule has 224 valence electrons. The maximum Gasteiger partial charge on any atom is 0.248 e. The molecule has 0 aromatic heterocycles. The van der Waals surface area contributed by atoms with E-state index in [-0.39, 0.29) is 49.4 Å². The predicted molar refractivity (Wildman–Crippen MR) is 157 cm³/mol. The maximum absolute atomic E-state index is 14.6. The third-order valence-corrected chi connectivity index (χ3v) is 9.14. The zero-order valence-corrected chi connectivity index (χ0v) is 25.0. The van der Waals surface area contributed by atoms with E-state index in [0.29, 0.717) is 37.4 Å². The second-order valence-electron chi connectivity index (χ2n) is 11.9. The number of anilines is 1. The van der Waals surface area contributed by atoms with E-state index in [1.54, 1.807) is 26.9 Å². The number of nitrogens with zero attached hydrogens (tertiary/aromatic N) is 3. The predicted octanol–water partition coefficient (Wildman–Crippen LogP) is 3.42. The van der Waals surface area contributed by atoms with Gasteiger partial charge in [0.05, 0.1) is 24.0 Å². The number of ether oxygens (including phenoxy) is 2. The Bertz CT molecular complexity index is 1170. The first-order valence-electron chi connectivity index (χ1n) is 14.7. The molecular formula is C32H45N3O6. The van der Waals surface area contributed by atoms with Gasteiger partial charge in [0, 0.05) is 38.0 Å². The van der Waals surface area contributed by atoms with Gasteiger partial charge in [-0.25, -0.2) is 0 Å². The van der Waals surface area contributed by atoms with Gasteiger partial charge in [-0.15, -0.1) is 13.2 Å². The Labute approximate surface area is 243 Å². The topological polar surface area (TPSA) is 99.6 Å². The Morgan fingerprint density at radius 2 is 1.85 bits per heavy atom. The van der Waals surface area contributed by atoms with Gasteiger partial charge in [0.1, 0.15) is 17.4 Å². The van der Waals surface area contributed by atoms with Gasteiger partial charge in [0.25, 0.3) is 0 Å². The molecular weight excluding hydrogens is 522 g/mol. The van der Waals surface area contributed by atoms with Crippen molar-refractivity contribution in [3.63, 3.8) is 0 Å². The largest absolute Gasteiger partial charge is 0.494 e. The van der Waals surface area contributed by atoms with Crippen LogP contribution < -0.4 is 9.64 Å². The van der Waals surface area contributed by atoms with Gasteiger partial charge >= 0.3 is 0 Å². The van der Waals surface area contributed by atoms with Crippen molar-refractivity contribution < 1.29 is 29.0 Å². The molecule has 41 heavy (non-hydrogen) atoms. The van der Waals surface area contributed by atoms with Gasteiger partial charge in [-0.05, 0) is 70.7 Å². The lowest BCUT2D eigenvalue weighted by atomic mass is 9.62. The summed E-state index contributed by atoms with van der Waals surface area (Å²) in [4.78, 5) is 48.1. The summed E-state index contributed by atoms with van der Waals surface area (Å²) in [7, 11) is 0. The van der Waals surface area contributed by atoms with E-state index in [4.69, 9.17) is 9.47 Å². The van der Waals surface area contributed by atoms with Crippen molar-refractivity contribution in [1.29, 1.82) is 0 Å². The Morgan fingerprint density at radius 3 is 2.41 bits per heavy atom. The molecule has 0 radical (unpaired) electrons. The maximum atomic E-state index is 14.6. The molecule has 3 aliphatic heterocycles. The molecule has 9 heteroatoms. The van der Waals surface area contributed by atoms with Crippen LogP contribution in [-0.4, -0.2) is 88.8 Å². The average molecular weight is 568 g/mol. The molecule has 3 amide bonds. The molecule has 4 rings (SSSR count). The molecule has 6 atom stereocenters. The van der Waals surface area contributed by atoms with E-state index >= 15 is 0 Å². The molecule has 0 aliphatic carbocycles. The van der Waals surface area contributed by atoms with Gasteiger partial charge in [0.2, 0.25) is 17.7 Å². The van der Waals surface area contributed by atoms with Crippen LogP contribution in [0.5, 0.6) is 5.75 Å². The first-order valence-corrected chi connectivity index (χ1v) is 14.7. The molecule has 3 saturated heterocycles. The summed E-state index contributed by atoms with van der Waals surface area (Å²) < 4.78 is 12.4. The average Bonchev–Trinajstić information content (AvgIpc) is 3.45. The third kappa shape index (κ3) is 4.97. The number of aliphatic hydroxyl groups excluding tert-OH is 1. The number of aliphatic hydroxyl groups is 1. The van der Waals surface area contributed by atoms with E-state index in [9.17, 15) is 19.5 Å². The van der Waals surface area contributed by atoms with E-state index in [0.717, 1.165) is 0 Å². The van der Waals surface area contributed by atoms with Gasteiger partial charge < -0.3 is 29.3 Å². The van der Waals surface area contributed by atoms with Crippen LogP contribution in [0, 0.1) is 17.8 Å². The number of hydrogen-bond donors (Lipinski definition) is 1. The van der Waals surface area contributed by atoms with Crippen LogP contribution in [0.4, 0.5) is 5.69 Å². The fraction of sp³-hybridized carbons (Fsp3) is 0.594. The van der Waals surface area contributed by atoms with Crippen LogP contribution in [0.15, 0.2) is 49.6 Å². The zero-order valence-electron chi connectivity index (χ0n) is 25.0. The summed E-state index contributed by atoms with van der Waals surface area (Å²) in [5, 5.41) is 9.63. The molecule has 2 bridgehead atoms. The van der Waals surface area contributed by atoms with Crippen LogP contribution in [0.2, 0.25) is 0 Å². The van der Waals surface area contributed by atoms with Crippen LogP contribution in [0.1, 0.15) is 47.5 Å². The summed E-state index contributed by atoms with van der Waals surface area (Å²) in [6, 6.07) is 6.27. The number of benzene rings is 1. The minimum atomic E-state index is -1.15. The first-order chi connectivity index (χ1) is 19.5. The Morgan fingerprint density at radius 1 is 1.20 bits per heavy atom. The molecule has 3 fully saturated rings. The van der Waals surface area contributed by atoms with Crippen molar-refractivity contribution in [2.45, 2.75) is 70.7 Å². The quantitative estimate of drug-likeness (QED) is 0.367. The second-order valence-corrected chi connectivity index (χ2v) is 11.9. The minimum Gasteiger partial charge on any atom is -0.494 e. The van der Waals surface area contributed by atoms with E-state index in [1.165, 1.54) is 0 Å². The first kappa shape index (κ1) is 30.8. The van der Waals surface area contributed by atoms with Gasteiger partial charge in [0.15, 0.2) is 0 Å². The van der Waals surface area contributed by atoms with Gasteiger partial charge in [-0.3, -0.25) is 14.4 Å². The fourth-order valence-corrected chi connectivity index (χ4v) is 7.24. The van der Waals surface area contributed by atoms with E-state index in [1.807, 2.05) is 58.9 Å².